The second kappa shape index (κ2) is 11.8. The van der Waals surface area contributed by atoms with Crippen molar-refractivity contribution in [2.24, 2.45) is 0 Å². The van der Waals surface area contributed by atoms with Crippen LogP contribution in [0, 0.1) is 0 Å². The number of urea groups is 1. The van der Waals surface area contributed by atoms with Crippen molar-refractivity contribution >= 4 is 33.1 Å². The molecule has 0 bridgehead atoms. The van der Waals surface area contributed by atoms with Gasteiger partial charge in [-0.05, 0) is 81.7 Å². The number of aromatic nitrogens is 3. The number of benzene rings is 2. The number of carbonyl (C=O) groups is 1. The fourth-order valence-electron chi connectivity index (χ4n) is 6.23. The molecule has 1 aliphatic carbocycles. The quantitative estimate of drug-likeness (QED) is 0.240. The van der Waals surface area contributed by atoms with Crippen LogP contribution in [0.2, 0.25) is 0 Å². The minimum absolute atomic E-state index is 0.0843. The number of sulfonamides is 1. The van der Waals surface area contributed by atoms with Crippen LogP contribution < -0.4 is 20.1 Å². The van der Waals surface area contributed by atoms with E-state index in [1.165, 1.54) is 13.1 Å². The second-order valence-electron chi connectivity index (χ2n) is 13.2. The van der Waals surface area contributed by atoms with Crippen LogP contribution in [0.5, 0.6) is 5.75 Å². The van der Waals surface area contributed by atoms with Gasteiger partial charge in [-0.3, -0.25) is 9.30 Å². The van der Waals surface area contributed by atoms with Gasteiger partial charge in [-0.2, -0.15) is 0 Å². The van der Waals surface area contributed by atoms with Gasteiger partial charge in [0.25, 0.3) is 0 Å². The highest BCUT2D eigenvalue weighted by atomic mass is 32.2. The molecular formula is C34H41N7O4S. The van der Waals surface area contributed by atoms with Gasteiger partial charge in [-0.1, -0.05) is 51.1 Å². The number of nitrogens with one attached hydrogen (secondary N) is 3. The largest absolute Gasteiger partial charge is 0.484 e. The molecule has 1 saturated heterocycles. The molecule has 2 aromatic heterocycles. The second-order valence-corrected chi connectivity index (χ2v) is 15.1. The molecule has 3 heterocycles. The number of nitrogens with zero attached hydrogens (tertiary/aromatic N) is 4. The van der Waals surface area contributed by atoms with E-state index in [1.54, 1.807) is 12.1 Å². The van der Waals surface area contributed by atoms with Crippen LogP contribution >= 0.6 is 0 Å². The molecule has 2 atom stereocenters. The third-order valence-electron chi connectivity index (χ3n) is 9.13. The van der Waals surface area contributed by atoms with E-state index in [4.69, 9.17) is 4.74 Å². The van der Waals surface area contributed by atoms with Crippen molar-refractivity contribution in [3.05, 3.63) is 89.4 Å². The summed E-state index contributed by atoms with van der Waals surface area (Å²) in [5.74, 6) is 1.60. The maximum Gasteiger partial charge on any atom is 0.323 e. The Bertz CT molecular complexity index is 1950. The molecule has 12 heteroatoms. The van der Waals surface area contributed by atoms with Crippen molar-refractivity contribution in [2.45, 2.75) is 68.9 Å². The number of hydrogen-bond acceptors (Lipinski definition) is 7. The maximum absolute atomic E-state index is 13.3. The molecule has 1 aliphatic heterocycles. The monoisotopic (exact) mass is 643 g/mol. The summed E-state index contributed by atoms with van der Waals surface area (Å²) in [6.45, 7) is 9.19. The van der Waals surface area contributed by atoms with Crippen molar-refractivity contribution in [1.29, 1.82) is 0 Å². The number of amides is 2. The molecule has 2 amide bonds. The van der Waals surface area contributed by atoms with Crippen LogP contribution in [0.4, 0.5) is 10.5 Å². The standard InChI is InChI=1S/C34H41N7O4S/c1-33(2,3)22-18-23(20-25(19-22)46(43,44)35-5)36-32(42)37-28-13-14-29(27-11-8-7-10-26(27)28)45-24-12-15-30-38-39-31(41(30)21-24)34(4)16-9-17-40(34)6/h7-8,10-13,15,18-21,29,35H,9,14,16-17H2,1-6H3,(H2,36,37,42)/t29-,34+/m1/s1. The molecule has 2 aliphatic rings. The summed E-state index contributed by atoms with van der Waals surface area (Å²) < 4.78 is 36.2. The zero-order valence-electron chi connectivity index (χ0n) is 27.1. The summed E-state index contributed by atoms with van der Waals surface area (Å²) in [6, 6.07) is 16.1. The van der Waals surface area contributed by atoms with Gasteiger partial charge in [0.15, 0.2) is 11.5 Å². The van der Waals surface area contributed by atoms with E-state index >= 15 is 0 Å². The number of carbonyl (C=O) groups excluding carboxylic acids is 1. The molecule has 1 fully saturated rings. The zero-order chi connectivity index (χ0) is 32.9. The fourth-order valence-corrected chi connectivity index (χ4v) is 7.03. The van der Waals surface area contributed by atoms with Gasteiger partial charge in [0.1, 0.15) is 11.9 Å². The van der Waals surface area contributed by atoms with Gasteiger partial charge in [0.2, 0.25) is 10.0 Å². The van der Waals surface area contributed by atoms with Gasteiger partial charge in [-0.15, -0.1) is 10.2 Å². The van der Waals surface area contributed by atoms with Crippen molar-refractivity contribution in [3.63, 3.8) is 0 Å². The van der Waals surface area contributed by atoms with Crippen LogP contribution in [0.25, 0.3) is 11.3 Å². The summed E-state index contributed by atoms with van der Waals surface area (Å²) in [4.78, 5) is 15.7. The molecule has 242 valence electrons. The van der Waals surface area contributed by atoms with Crippen LogP contribution in [0.1, 0.15) is 75.6 Å². The Hall–Kier alpha value is -4.26. The topological polar surface area (TPSA) is 130 Å². The third kappa shape index (κ3) is 6.00. The lowest BCUT2D eigenvalue weighted by Crippen LogP contribution is -2.37. The lowest BCUT2D eigenvalue weighted by atomic mass is 9.87. The number of likely N-dealkylation sites (tertiary alicyclic amines) is 1. The summed E-state index contributed by atoms with van der Waals surface area (Å²) in [5.41, 5.74) is 3.85. The van der Waals surface area contributed by atoms with Crippen LogP contribution in [-0.2, 0) is 21.0 Å². The molecule has 4 aromatic rings. The smallest absolute Gasteiger partial charge is 0.323 e. The maximum atomic E-state index is 13.3. The fraction of sp³-hybridized carbons (Fsp3) is 0.382. The minimum Gasteiger partial charge on any atom is -0.484 e. The number of fused-ring (bicyclic) bond motifs is 2. The summed E-state index contributed by atoms with van der Waals surface area (Å²) in [7, 11) is -0.228. The van der Waals surface area contributed by atoms with Gasteiger partial charge < -0.3 is 15.4 Å². The first-order valence-electron chi connectivity index (χ1n) is 15.5. The molecule has 11 nitrogen and oxygen atoms in total. The van der Waals surface area contributed by atoms with E-state index in [-0.39, 0.29) is 22.0 Å². The van der Waals surface area contributed by atoms with Crippen LogP contribution in [-0.4, -0.2) is 54.6 Å². The normalized spacial score (nSPS) is 20.3. The lowest BCUT2D eigenvalue weighted by Gasteiger charge is -2.30. The summed E-state index contributed by atoms with van der Waals surface area (Å²) >= 11 is 0. The summed E-state index contributed by atoms with van der Waals surface area (Å²) in [6.07, 6.45) is 6.29. The number of anilines is 1. The Balaban J connectivity index is 1.22. The molecule has 0 saturated carbocycles. The Morgan fingerprint density at radius 2 is 1.85 bits per heavy atom. The SMILES string of the molecule is CNS(=O)(=O)c1cc(NC(=O)NC2=CC[C@@H](Oc3ccc4nnc([C@]5(C)CCCN5C)n4c3)c3ccccc32)cc(C(C)(C)C)c1. The highest BCUT2D eigenvalue weighted by Gasteiger charge is 2.39. The minimum atomic E-state index is -3.72. The van der Waals surface area contributed by atoms with E-state index in [2.05, 4.69) is 44.4 Å². The first kappa shape index (κ1) is 31.7. The van der Waals surface area contributed by atoms with Gasteiger partial charge in [0.05, 0.1) is 16.6 Å². The number of ether oxygens (including phenoxy) is 1. The van der Waals surface area contributed by atoms with Crippen molar-refractivity contribution in [2.75, 3.05) is 26.0 Å². The molecule has 0 spiro atoms. The Morgan fingerprint density at radius 3 is 2.57 bits per heavy atom. The van der Waals surface area contributed by atoms with Crippen LogP contribution in [0.15, 0.2) is 71.8 Å². The van der Waals surface area contributed by atoms with E-state index < -0.39 is 16.1 Å². The molecular weight excluding hydrogens is 602 g/mol. The van der Waals surface area contributed by atoms with E-state index in [9.17, 15) is 13.2 Å². The van der Waals surface area contributed by atoms with E-state index in [0.717, 1.165) is 47.5 Å². The summed E-state index contributed by atoms with van der Waals surface area (Å²) in [5, 5.41) is 14.8. The molecule has 46 heavy (non-hydrogen) atoms. The zero-order valence-corrected chi connectivity index (χ0v) is 27.9. The average Bonchev–Trinajstić information content (AvgIpc) is 3.60. The third-order valence-corrected chi connectivity index (χ3v) is 10.5. The Labute approximate surface area is 270 Å². The van der Waals surface area contributed by atoms with E-state index in [1.807, 2.05) is 73.8 Å². The van der Waals surface area contributed by atoms with Crippen LogP contribution in [0.3, 0.4) is 0 Å². The first-order valence-corrected chi connectivity index (χ1v) is 17.0. The number of rotatable bonds is 7. The highest BCUT2D eigenvalue weighted by Crippen LogP contribution is 2.38. The van der Waals surface area contributed by atoms with Crippen molar-refractivity contribution < 1.29 is 17.9 Å². The first-order chi connectivity index (χ1) is 21.8. The number of hydrogen-bond donors (Lipinski definition) is 3. The van der Waals surface area contributed by atoms with Gasteiger partial charge >= 0.3 is 6.03 Å². The molecule has 2 aromatic carbocycles. The molecule has 6 rings (SSSR count). The lowest BCUT2D eigenvalue weighted by molar-refractivity contribution is 0.183. The average molecular weight is 644 g/mol. The predicted octanol–water partition coefficient (Wildman–Crippen LogP) is 5.56. The van der Waals surface area contributed by atoms with E-state index in [0.29, 0.717) is 23.6 Å². The number of pyridine rings is 1. The highest BCUT2D eigenvalue weighted by molar-refractivity contribution is 7.89. The molecule has 0 radical (unpaired) electrons. The van der Waals surface area contributed by atoms with Crippen molar-refractivity contribution in [3.8, 4) is 5.75 Å². The Kier molecular flexibility index (Phi) is 8.16. The Morgan fingerprint density at radius 1 is 1.07 bits per heavy atom. The predicted molar refractivity (Wildman–Crippen MR) is 178 cm³/mol. The van der Waals surface area contributed by atoms with Crippen molar-refractivity contribution in [1.82, 2.24) is 29.5 Å². The molecule has 3 N–H and O–H groups in total. The van der Waals surface area contributed by atoms with Gasteiger partial charge in [0, 0.05) is 28.9 Å². The molecule has 0 unspecified atom stereocenters. The van der Waals surface area contributed by atoms with Gasteiger partial charge in [-0.25, -0.2) is 17.9 Å².